The van der Waals surface area contributed by atoms with Crippen LogP contribution in [0.5, 0.6) is 0 Å². The number of thiocarbonyl (C=S) groups is 1. The van der Waals surface area contributed by atoms with Crippen molar-refractivity contribution in [2.24, 2.45) is 0 Å². The van der Waals surface area contributed by atoms with Crippen LogP contribution >= 0.6 is 23.8 Å². The van der Waals surface area contributed by atoms with Crippen molar-refractivity contribution < 1.29 is 13.2 Å². The first-order valence-corrected chi connectivity index (χ1v) is 10.2. The fourth-order valence-corrected chi connectivity index (χ4v) is 4.31. The largest absolute Gasteiger partial charge is 0.379 e. The highest BCUT2D eigenvalue weighted by molar-refractivity contribution is 7.89. The normalized spacial score (nSPS) is 15.4. The first-order valence-electron chi connectivity index (χ1n) is 7.97. The topological polar surface area (TPSA) is 70.7 Å². The van der Waals surface area contributed by atoms with Crippen LogP contribution in [-0.4, -0.2) is 44.1 Å². The van der Waals surface area contributed by atoms with E-state index in [1.807, 2.05) is 18.2 Å². The zero-order valence-electron chi connectivity index (χ0n) is 13.8. The Labute approximate surface area is 163 Å². The molecule has 26 heavy (non-hydrogen) atoms. The molecule has 0 saturated carbocycles. The Morgan fingerprint density at radius 1 is 1.04 bits per heavy atom. The van der Waals surface area contributed by atoms with Crippen LogP contribution in [0.1, 0.15) is 0 Å². The van der Waals surface area contributed by atoms with E-state index in [0.717, 1.165) is 0 Å². The third-order valence-corrected chi connectivity index (χ3v) is 6.29. The van der Waals surface area contributed by atoms with Crippen molar-refractivity contribution in [2.75, 3.05) is 36.9 Å². The molecule has 0 atom stereocenters. The average Bonchev–Trinajstić information content (AvgIpc) is 2.65. The van der Waals surface area contributed by atoms with Gasteiger partial charge in [0.25, 0.3) is 0 Å². The van der Waals surface area contributed by atoms with Gasteiger partial charge in [-0.05, 0) is 48.6 Å². The van der Waals surface area contributed by atoms with Crippen molar-refractivity contribution in [3.05, 3.63) is 53.6 Å². The van der Waals surface area contributed by atoms with Crippen LogP contribution in [0.4, 0.5) is 11.4 Å². The van der Waals surface area contributed by atoms with Crippen molar-refractivity contribution in [3.8, 4) is 0 Å². The van der Waals surface area contributed by atoms with Gasteiger partial charge in [-0.3, -0.25) is 0 Å². The molecule has 0 amide bonds. The molecule has 138 valence electrons. The van der Waals surface area contributed by atoms with Crippen molar-refractivity contribution in [3.63, 3.8) is 0 Å². The first-order chi connectivity index (χ1) is 12.5. The lowest BCUT2D eigenvalue weighted by Gasteiger charge is -2.26. The minimum Gasteiger partial charge on any atom is -0.379 e. The van der Waals surface area contributed by atoms with E-state index in [4.69, 9.17) is 28.6 Å². The molecular formula is C17H18ClN3O3S2. The summed E-state index contributed by atoms with van der Waals surface area (Å²) in [6.45, 7) is 1.57. The lowest BCUT2D eigenvalue weighted by Crippen LogP contribution is -2.40. The van der Waals surface area contributed by atoms with E-state index >= 15 is 0 Å². The standard InChI is InChI=1S/C17H18ClN3O3S2/c18-15-3-1-2-4-16(15)20-17(25)19-13-5-7-14(8-6-13)26(22,23)21-9-11-24-12-10-21/h1-8H,9-12H2,(H2,19,20,25). The van der Waals surface area contributed by atoms with Crippen LogP contribution in [-0.2, 0) is 14.8 Å². The Morgan fingerprint density at radius 2 is 1.69 bits per heavy atom. The quantitative estimate of drug-likeness (QED) is 0.753. The second-order valence-corrected chi connectivity index (χ2v) is 8.35. The van der Waals surface area contributed by atoms with Crippen LogP contribution in [0.2, 0.25) is 5.02 Å². The van der Waals surface area contributed by atoms with Gasteiger partial charge in [0.05, 0.1) is 28.8 Å². The number of nitrogens with zero attached hydrogens (tertiary/aromatic N) is 1. The van der Waals surface area contributed by atoms with Gasteiger partial charge < -0.3 is 15.4 Å². The van der Waals surface area contributed by atoms with Crippen LogP contribution in [0.15, 0.2) is 53.4 Å². The van der Waals surface area contributed by atoms with E-state index in [9.17, 15) is 8.42 Å². The van der Waals surface area contributed by atoms with Crippen molar-refractivity contribution >= 4 is 50.3 Å². The fraction of sp³-hybridized carbons (Fsp3) is 0.235. The Balaban J connectivity index is 1.66. The Hall–Kier alpha value is -1.71. The number of rotatable bonds is 4. The third-order valence-electron chi connectivity index (χ3n) is 3.84. The van der Waals surface area contributed by atoms with E-state index in [2.05, 4.69) is 10.6 Å². The lowest BCUT2D eigenvalue weighted by molar-refractivity contribution is 0.0730. The molecular weight excluding hydrogens is 394 g/mol. The van der Waals surface area contributed by atoms with Crippen molar-refractivity contribution in [1.29, 1.82) is 0 Å². The molecule has 1 saturated heterocycles. The number of sulfonamides is 1. The monoisotopic (exact) mass is 411 g/mol. The van der Waals surface area contributed by atoms with Gasteiger partial charge in [0, 0.05) is 18.8 Å². The Bertz CT molecular complexity index is 882. The second kappa shape index (κ2) is 8.32. The van der Waals surface area contributed by atoms with Gasteiger partial charge in [-0.1, -0.05) is 23.7 Å². The van der Waals surface area contributed by atoms with Crippen LogP contribution in [0.25, 0.3) is 0 Å². The van der Waals surface area contributed by atoms with Crippen molar-refractivity contribution in [2.45, 2.75) is 4.90 Å². The fourth-order valence-electron chi connectivity index (χ4n) is 2.49. The smallest absolute Gasteiger partial charge is 0.243 e. The molecule has 6 nitrogen and oxygen atoms in total. The molecule has 2 N–H and O–H groups in total. The SMILES string of the molecule is O=S(=O)(c1ccc(NC(=S)Nc2ccccc2Cl)cc1)N1CCOCC1. The Kier molecular flexibility index (Phi) is 6.10. The van der Waals surface area contributed by atoms with Gasteiger partial charge in [-0.25, -0.2) is 8.42 Å². The summed E-state index contributed by atoms with van der Waals surface area (Å²) in [5, 5.41) is 6.93. The van der Waals surface area contributed by atoms with Gasteiger partial charge in [0.15, 0.2) is 5.11 Å². The number of halogens is 1. The zero-order chi connectivity index (χ0) is 18.6. The van der Waals surface area contributed by atoms with Crippen LogP contribution < -0.4 is 10.6 Å². The zero-order valence-corrected chi connectivity index (χ0v) is 16.2. The summed E-state index contributed by atoms with van der Waals surface area (Å²) in [4.78, 5) is 0.245. The molecule has 2 aromatic rings. The summed E-state index contributed by atoms with van der Waals surface area (Å²) >= 11 is 11.4. The molecule has 0 bridgehead atoms. The van der Waals surface area contributed by atoms with Crippen molar-refractivity contribution in [1.82, 2.24) is 4.31 Å². The number of hydrogen-bond acceptors (Lipinski definition) is 4. The average molecular weight is 412 g/mol. The molecule has 0 radical (unpaired) electrons. The van der Waals surface area contributed by atoms with E-state index in [1.165, 1.54) is 4.31 Å². The summed E-state index contributed by atoms with van der Waals surface area (Å²) in [6, 6.07) is 13.7. The van der Waals surface area contributed by atoms with Gasteiger partial charge in [-0.2, -0.15) is 4.31 Å². The molecule has 0 unspecified atom stereocenters. The van der Waals surface area contributed by atoms with E-state index in [0.29, 0.717) is 47.8 Å². The molecule has 0 aromatic heterocycles. The maximum absolute atomic E-state index is 12.6. The minimum atomic E-state index is -3.50. The van der Waals surface area contributed by atoms with E-state index in [1.54, 1.807) is 30.3 Å². The number of anilines is 2. The number of benzene rings is 2. The molecule has 1 aliphatic rings. The highest BCUT2D eigenvalue weighted by Crippen LogP contribution is 2.22. The summed E-state index contributed by atoms with van der Waals surface area (Å²) in [5.41, 5.74) is 1.37. The minimum absolute atomic E-state index is 0.245. The summed E-state index contributed by atoms with van der Waals surface area (Å²) in [6.07, 6.45) is 0. The maximum atomic E-state index is 12.6. The third kappa shape index (κ3) is 4.52. The number of morpholine rings is 1. The summed E-state index contributed by atoms with van der Waals surface area (Å²) in [5.74, 6) is 0. The number of hydrogen-bond donors (Lipinski definition) is 2. The van der Waals surface area contributed by atoms with Crippen LogP contribution in [0, 0.1) is 0 Å². The van der Waals surface area contributed by atoms with Gasteiger partial charge >= 0.3 is 0 Å². The van der Waals surface area contributed by atoms with Crippen LogP contribution in [0.3, 0.4) is 0 Å². The Morgan fingerprint density at radius 3 is 2.35 bits per heavy atom. The van der Waals surface area contributed by atoms with E-state index < -0.39 is 10.0 Å². The highest BCUT2D eigenvalue weighted by atomic mass is 35.5. The number of ether oxygens (including phenoxy) is 1. The molecule has 0 aliphatic carbocycles. The van der Waals surface area contributed by atoms with E-state index in [-0.39, 0.29) is 4.90 Å². The second-order valence-electron chi connectivity index (χ2n) is 5.60. The first kappa shape index (κ1) is 19.1. The maximum Gasteiger partial charge on any atom is 0.243 e. The number of para-hydroxylation sites is 1. The molecule has 1 fully saturated rings. The highest BCUT2D eigenvalue weighted by Gasteiger charge is 2.26. The predicted octanol–water partition coefficient (Wildman–Crippen LogP) is 3.17. The lowest BCUT2D eigenvalue weighted by atomic mass is 10.3. The number of nitrogens with one attached hydrogen (secondary N) is 2. The molecule has 1 heterocycles. The molecule has 3 rings (SSSR count). The molecule has 2 aromatic carbocycles. The summed E-state index contributed by atoms with van der Waals surface area (Å²) in [7, 11) is -3.50. The van der Waals surface area contributed by atoms with Gasteiger partial charge in [0.1, 0.15) is 0 Å². The van der Waals surface area contributed by atoms with Gasteiger partial charge in [0.2, 0.25) is 10.0 Å². The molecule has 9 heteroatoms. The predicted molar refractivity (Wildman–Crippen MR) is 107 cm³/mol. The van der Waals surface area contributed by atoms with Gasteiger partial charge in [-0.15, -0.1) is 0 Å². The molecule has 0 spiro atoms. The summed E-state index contributed by atoms with van der Waals surface area (Å²) < 4.78 is 31.8. The molecule has 1 aliphatic heterocycles.